The summed E-state index contributed by atoms with van der Waals surface area (Å²) in [5.41, 5.74) is 3.40. The Kier molecular flexibility index (Phi) is 5.00. The average molecular weight is 275 g/mol. The van der Waals surface area contributed by atoms with Crippen LogP contribution in [0.4, 0.5) is 0 Å². The molecule has 2 aromatic rings. The summed E-state index contributed by atoms with van der Waals surface area (Å²) in [6, 6.07) is 16.4. The van der Waals surface area contributed by atoms with E-state index in [1.807, 2.05) is 18.2 Å². The minimum atomic E-state index is -0.508. The maximum atomic E-state index is 9.54. The highest BCUT2D eigenvalue weighted by Gasteiger charge is 2.06. The van der Waals surface area contributed by atoms with Crippen molar-refractivity contribution >= 4 is 11.6 Å². The van der Waals surface area contributed by atoms with Crippen LogP contribution in [0.3, 0.4) is 0 Å². The van der Waals surface area contributed by atoms with Crippen LogP contribution in [0.1, 0.15) is 36.1 Å². The first-order chi connectivity index (χ1) is 9.16. The van der Waals surface area contributed by atoms with Crippen molar-refractivity contribution in [3.8, 4) is 0 Å². The molecule has 2 heteroatoms. The highest BCUT2D eigenvalue weighted by Crippen LogP contribution is 2.24. The lowest BCUT2D eigenvalue weighted by Crippen LogP contribution is -1.95. The number of aliphatic hydroxyl groups excluding tert-OH is 1. The Bertz CT molecular complexity index is 520. The highest BCUT2D eigenvalue weighted by atomic mass is 35.5. The van der Waals surface area contributed by atoms with E-state index in [2.05, 4.69) is 30.3 Å². The minimum Gasteiger partial charge on any atom is -0.389 e. The first-order valence-electron chi connectivity index (χ1n) is 6.67. The van der Waals surface area contributed by atoms with Gasteiger partial charge in [0.25, 0.3) is 0 Å². The molecule has 0 unspecified atom stereocenters. The fraction of sp³-hybridized carbons (Fsp3) is 0.294. The van der Waals surface area contributed by atoms with Gasteiger partial charge in [0, 0.05) is 5.02 Å². The smallest absolute Gasteiger partial charge is 0.0776 e. The van der Waals surface area contributed by atoms with E-state index in [0.29, 0.717) is 5.02 Å². The molecule has 100 valence electrons. The van der Waals surface area contributed by atoms with Crippen LogP contribution in [0.2, 0.25) is 5.02 Å². The first kappa shape index (κ1) is 14.1. The number of halogens is 1. The van der Waals surface area contributed by atoms with Gasteiger partial charge in [0.05, 0.1) is 6.10 Å². The van der Waals surface area contributed by atoms with Crippen molar-refractivity contribution in [2.45, 2.75) is 32.3 Å². The SMILES string of the molecule is C[C@H](O)c1ccc(CCCc2ccccc2)cc1Cl. The third-order valence-corrected chi connectivity index (χ3v) is 3.62. The number of rotatable bonds is 5. The van der Waals surface area contributed by atoms with Crippen LogP contribution in [-0.4, -0.2) is 5.11 Å². The highest BCUT2D eigenvalue weighted by molar-refractivity contribution is 6.31. The molecule has 0 saturated heterocycles. The van der Waals surface area contributed by atoms with Gasteiger partial charge in [-0.25, -0.2) is 0 Å². The molecule has 1 nitrogen and oxygen atoms in total. The van der Waals surface area contributed by atoms with E-state index in [4.69, 9.17) is 11.6 Å². The molecule has 0 amide bonds. The van der Waals surface area contributed by atoms with Crippen LogP contribution in [-0.2, 0) is 12.8 Å². The van der Waals surface area contributed by atoms with Crippen LogP contribution in [0, 0.1) is 0 Å². The summed E-state index contributed by atoms with van der Waals surface area (Å²) in [7, 11) is 0. The Morgan fingerprint density at radius 2 is 1.68 bits per heavy atom. The van der Waals surface area contributed by atoms with E-state index in [-0.39, 0.29) is 0 Å². The van der Waals surface area contributed by atoms with E-state index in [1.165, 1.54) is 11.1 Å². The number of benzene rings is 2. The van der Waals surface area contributed by atoms with Crippen LogP contribution < -0.4 is 0 Å². The molecule has 0 aliphatic carbocycles. The molecule has 1 atom stereocenters. The van der Waals surface area contributed by atoms with Crippen molar-refractivity contribution in [2.75, 3.05) is 0 Å². The average Bonchev–Trinajstić information content (AvgIpc) is 2.39. The standard InChI is InChI=1S/C17H19ClO/c1-13(19)16-11-10-15(12-17(16)18)9-5-8-14-6-3-2-4-7-14/h2-4,6-7,10-13,19H,5,8-9H2,1H3/t13-/m0/s1. The Morgan fingerprint density at radius 1 is 1.00 bits per heavy atom. The van der Waals surface area contributed by atoms with Gasteiger partial charge in [-0.3, -0.25) is 0 Å². The van der Waals surface area contributed by atoms with E-state index in [9.17, 15) is 5.11 Å². The van der Waals surface area contributed by atoms with E-state index >= 15 is 0 Å². The van der Waals surface area contributed by atoms with Crippen molar-refractivity contribution in [3.05, 3.63) is 70.2 Å². The zero-order chi connectivity index (χ0) is 13.7. The molecular weight excluding hydrogens is 256 g/mol. The monoisotopic (exact) mass is 274 g/mol. The fourth-order valence-electron chi connectivity index (χ4n) is 2.21. The first-order valence-corrected chi connectivity index (χ1v) is 7.05. The third-order valence-electron chi connectivity index (χ3n) is 3.29. The summed E-state index contributed by atoms with van der Waals surface area (Å²) in [6.45, 7) is 1.73. The molecule has 1 N–H and O–H groups in total. The molecule has 0 bridgehead atoms. The summed E-state index contributed by atoms with van der Waals surface area (Å²) in [4.78, 5) is 0. The van der Waals surface area contributed by atoms with Gasteiger partial charge in [-0.2, -0.15) is 0 Å². The number of hydrogen-bond donors (Lipinski definition) is 1. The molecule has 0 radical (unpaired) electrons. The lowest BCUT2D eigenvalue weighted by atomic mass is 10.0. The van der Waals surface area contributed by atoms with Crippen molar-refractivity contribution in [1.29, 1.82) is 0 Å². The predicted molar refractivity (Wildman–Crippen MR) is 80.6 cm³/mol. The van der Waals surface area contributed by atoms with Crippen LogP contribution in [0.5, 0.6) is 0 Å². The molecule has 0 aromatic heterocycles. The Hall–Kier alpha value is -1.31. The van der Waals surface area contributed by atoms with Gasteiger partial charge in [-0.05, 0) is 48.9 Å². The summed E-state index contributed by atoms with van der Waals surface area (Å²) in [5, 5.41) is 10.2. The van der Waals surface area contributed by atoms with Gasteiger partial charge in [-0.1, -0.05) is 54.1 Å². The fourth-order valence-corrected chi connectivity index (χ4v) is 2.57. The Balaban J connectivity index is 1.92. The van der Waals surface area contributed by atoms with Crippen molar-refractivity contribution < 1.29 is 5.11 Å². The van der Waals surface area contributed by atoms with Crippen LogP contribution >= 0.6 is 11.6 Å². The number of aliphatic hydroxyl groups is 1. The van der Waals surface area contributed by atoms with Gasteiger partial charge in [-0.15, -0.1) is 0 Å². The lowest BCUT2D eigenvalue weighted by Gasteiger charge is -2.09. The van der Waals surface area contributed by atoms with Crippen LogP contribution in [0.25, 0.3) is 0 Å². The van der Waals surface area contributed by atoms with E-state index < -0.39 is 6.10 Å². The quantitative estimate of drug-likeness (QED) is 0.847. The second-order valence-electron chi connectivity index (χ2n) is 4.87. The third kappa shape index (κ3) is 4.09. The van der Waals surface area contributed by atoms with Gasteiger partial charge >= 0.3 is 0 Å². The lowest BCUT2D eigenvalue weighted by molar-refractivity contribution is 0.199. The molecule has 0 heterocycles. The molecule has 0 aliphatic heterocycles. The second-order valence-corrected chi connectivity index (χ2v) is 5.28. The molecule has 0 fully saturated rings. The van der Waals surface area contributed by atoms with Crippen LogP contribution in [0.15, 0.2) is 48.5 Å². The maximum Gasteiger partial charge on any atom is 0.0776 e. The van der Waals surface area contributed by atoms with Gasteiger partial charge < -0.3 is 5.11 Å². The largest absolute Gasteiger partial charge is 0.389 e. The summed E-state index contributed by atoms with van der Waals surface area (Å²) in [5.74, 6) is 0. The van der Waals surface area contributed by atoms with Crippen molar-refractivity contribution in [1.82, 2.24) is 0 Å². The normalized spacial score (nSPS) is 12.4. The molecule has 0 spiro atoms. The topological polar surface area (TPSA) is 20.2 Å². The zero-order valence-corrected chi connectivity index (χ0v) is 11.9. The molecular formula is C17H19ClO. The second kappa shape index (κ2) is 6.74. The number of aryl methyl sites for hydroxylation is 2. The molecule has 19 heavy (non-hydrogen) atoms. The van der Waals surface area contributed by atoms with Gasteiger partial charge in [0.1, 0.15) is 0 Å². The zero-order valence-electron chi connectivity index (χ0n) is 11.1. The minimum absolute atomic E-state index is 0.508. The van der Waals surface area contributed by atoms with E-state index in [0.717, 1.165) is 24.8 Å². The predicted octanol–water partition coefficient (Wildman–Crippen LogP) is 4.57. The van der Waals surface area contributed by atoms with E-state index in [1.54, 1.807) is 6.92 Å². The van der Waals surface area contributed by atoms with Crippen molar-refractivity contribution in [2.24, 2.45) is 0 Å². The number of hydrogen-bond acceptors (Lipinski definition) is 1. The Morgan fingerprint density at radius 3 is 2.32 bits per heavy atom. The van der Waals surface area contributed by atoms with Crippen molar-refractivity contribution in [3.63, 3.8) is 0 Å². The molecule has 2 aromatic carbocycles. The molecule has 2 rings (SSSR count). The van der Waals surface area contributed by atoms with Gasteiger partial charge in [0.2, 0.25) is 0 Å². The summed E-state index contributed by atoms with van der Waals surface area (Å²) >= 11 is 6.16. The molecule has 0 saturated carbocycles. The maximum absolute atomic E-state index is 9.54. The van der Waals surface area contributed by atoms with Gasteiger partial charge in [0.15, 0.2) is 0 Å². The molecule has 0 aliphatic rings. The Labute approximate surface area is 119 Å². The summed E-state index contributed by atoms with van der Waals surface area (Å²) in [6.07, 6.45) is 2.69. The summed E-state index contributed by atoms with van der Waals surface area (Å²) < 4.78 is 0.